The van der Waals surface area contributed by atoms with Crippen molar-refractivity contribution in [1.29, 1.82) is 5.26 Å². The van der Waals surface area contributed by atoms with E-state index in [2.05, 4.69) is 5.32 Å². The van der Waals surface area contributed by atoms with E-state index < -0.39 is 6.04 Å². The van der Waals surface area contributed by atoms with Crippen molar-refractivity contribution in [3.8, 4) is 6.07 Å². The number of nitrogens with two attached hydrogens (primary N) is 1. The molecule has 7 heteroatoms. The van der Waals surface area contributed by atoms with Crippen LogP contribution in [0.5, 0.6) is 0 Å². The number of carbonyl (C=O) groups is 2. The van der Waals surface area contributed by atoms with Gasteiger partial charge in [-0.2, -0.15) is 5.26 Å². The second-order valence-electron chi connectivity index (χ2n) is 4.77. The maximum Gasteiger partial charge on any atom is 0.242 e. The van der Waals surface area contributed by atoms with Crippen LogP contribution in [0, 0.1) is 17.2 Å². The Balaban J connectivity index is 4.31. The van der Waals surface area contributed by atoms with Crippen LogP contribution >= 0.6 is 0 Å². The van der Waals surface area contributed by atoms with Crippen LogP contribution in [-0.4, -0.2) is 56.1 Å². The molecule has 0 aromatic carbocycles. The number of nitrogens with zero attached hydrogens (tertiary/aromatic N) is 2. The Kier molecular flexibility index (Phi) is 9.34. The number of nitriles is 1. The van der Waals surface area contributed by atoms with E-state index in [1.54, 1.807) is 0 Å². The average molecular weight is 284 g/mol. The third-order valence-corrected chi connectivity index (χ3v) is 2.85. The third kappa shape index (κ3) is 7.07. The van der Waals surface area contributed by atoms with Crippen LogP contribution in [0.3, 0.4) is 0 Å². The molecule has 114 valence electrons. The van der Waals surface area contributed by atoms with E-state index in [9.17, 15) is 9.59 Å². The van der Waals surface area contributed by atoms with Gasteiger partial charge in [-0.3, -0.25) is 9.59 Å². The molecule has 7 nitrogen and oxygen atoms in total. The Morgan fingerprint density at radius 1 is 1.40 bits per heavy atom. The van der Waals surface area contributed by atoms with Gasteiger partial charge < -0.3 is 20.7 Å². The highest BCUT2D eigenvalue weighted by molar-refractivity contribution is 5.87. The van der Waals surface area contributed by atoms with E-state index in [1.165, 1.54) is 12.0 Å². The summed E-state index contributed by atoms with van der Waals surface area (Å²) in [6, 6.07) is 1.36. The van der Waals surface area contributed by atoms with Crippen molar-refractivity contribution in [1.82, 2.24) is 10.2 Å². The SMILES string of the molecule is COCCN(CCC#N)C(=O)CNC(=O)[C@@H](N)C(C)C. The average Bonchev–Trinajstić information content (AvgIpc) is 2.43. The van der Waals surface area contributed by atoms with Gasteiger partial charge >= 0.3 is 0 Å². The molecule has 0 aromatic rings. The van der Waals surface area contributed by atoms with Crippen LogP contribution in [0.15, 0.2) is 0 Å². The van der Waals surface area contributed by atoms with Gasteiger partial charge in [-0.05, 0) is 5.92 Å². The number of nitrogens with one attached hydrogen (secondary N) is 1. The Bertz CT molecular complexity index is 352. The van der Waals surface area contributed by atoms with E-state index in [4.69, 9.17) is 15.7 Å². The summed E-state index contributed by atoms with van der Waals surface area (Å²) in [5, 5.41) is 11.1. The molecule has 0 rings (SSSR count). The maximum atomic E-state index is 12.0. The van der Waals surface area contributed by atoms with E-state index in [-0.39, 0.29) is 30.7 Å². The minimum atomic E-state index is -0.630. The van der Waals surface area contributed by atoms with E-state index in [1.807, 2.05) is 19.9 Å². The van der Waals surface area contributed by atoms with Crippen molar-refractivity contribution in [2.75, 3.05) is 33.4 Å². The molecule has 0 aliphatic heterocycles. The summed E-state index contributed by atoms with van der Waals surface area (Å²) in [6.45, 7) is 4.66. The summed E-state index contributed by atoms with van der Waals surface area (Å²) >= 11 is 0. The number of methoxy groups -OCH3 is 1. The van der Waals surface area contributed by atoms with Crippen LogP contribution in [-0.2, 0) is 14.3 Å². The highest BCUT2D eigenvalue weighted by Crippen LogP contribution is 1.98. The Labute approximate surface area is 120 Å². The first kappa shape index (κ1) is 18.4. The summed E-state index contributed by atoms with van der Waals surface area (Å²) in [7, 11) is 1.54. The minimum Gasteiger partial charge on any atom is -0.383 e. The predicted molar refractivity (Wildman–Crippen MR) is 74.5 cm³/mol. The monoisotopic (exact) mass is 284 g/mol. The lowest BCUT2D eigenvalue weighted by atomic mass is 10.1. The van der Waals surface area contributed by atoms with Gasteiger partial charge in [-0.15, -0.1) is 0 Å². The summed E-state index contributed by atoms with van der Waals surface area (Å²) < 4.78 is 4.91. The lowest BCUT2D eigenvalue weighted by Crippen LogP contribution is -2.48. The molecule has 0 radical (unpaired) electrons. The number of amides is 2. The molecule has 3 N–H and O–H groups in total. The standard InChI is InChI=1S/C13H24N4O3/c1-10(2)12(15)13(19)16-9-11(18)17(6-4-5-14)7-8-20-3/h10,12H,4,6-9,15H2,1-3H3,(H,16,19)/t12-/m0/s1. The zero-order chi connectivity index (χ0) is 15.5. The highest BCUT2D eigenvalue weighted by atomic mass is 16.5. The summed E-state index contributed by atoms with van der Waals surface area (Å²) in [4.78, 5) is 25.1. The molecule has 0 unspecified atom stereocenters. The number of ether oxygens (including phenoxy) is 1. The van der Waals surface area contributed by atoms with Crippen molar-refractivity contribution in [3.05, 3.63) is 0 Å². The normalized spacial score (nSPS) is 11.8. The van der Waals surface area contributed by atoms with Gasteiger partial charge in [-0.1, -0.05) is 13.8 Å². The van der Waals surface area contributed by atoms with Gasteiger partial charge in [0.1, 0.15) is 0 Å². The van der Waals surface area contributed by atoms with Gasteiger partial charge in [0.05, 0.1) is 31.7 Å². The summed E-state index contributed by atoms with van der Waals surface area (Å²) in [5.41, 5.74) is 5.68. The van der Waals surface area contributed by atoms with Crippen LogP contribution in [0.25, 0.3) is 0 Å². The number of rotatable bonds is 9. The number of hydrogen-bond acceptors (Lipinski definition) is 5. The number of carbonyl (C=O) groups excluding carboxylic acids is 2. The van der Waals surface area contributed by atoms with Gasteiger partial charge in [-0.25, -0.2) is 0 Å². The zero-order valence-electron chi connectivity index (χ0n) is 12.4. The van der Waals surface area contributed by atoms with Crippen molar-refractivity contribution in [2.24, 2.45) is 11.7 Å². The van der Waals surface area contributed by atoms with Crippen LogP contribution in [0.2, 0.25) is 0 Å². The summed E-state index contributed by atoms with van der Waals surface area (Å²) in [5.74, 6) is -0.588. The molecular formula is C13H24N4O3. The Morgan fingerprint density at radius 2 is 2.05 bits per heavy atom. The lowest BCUT2D eigenvalue weighted by molar-refractivity contribution is -0.133. The molecule has 0 heterocycles. The number of hydrogen-bond donors (Lipinski definition) is 2. The van der Waals surface area contributed by atoms with Crippen molar-refractivity contribution in [3.63, 3.8) is 0 Å². The van der Waals surface area contributed by atoms with Gasteiger partial charge in [0.25, 0.3) is 0 Å². The molecule has 0 bridgehead atoms. The smallest absolute Gasteiger partial charge is 0.242 e. The first-order chi connectivity index (χ1) is 9.43. The molecular weight excluding hydrogens is 260 g/mol. The first-order valence-electron chi connectivity index (χ1n) is 6.61. The van der Waals surface area contributed by atoms with Crippen molar-refractivity contribution in [2.45, 2.75) is 26.3 Å². The molecule has 0 spiro atoms. The van der Waals surface area contributed by atoms with Gasteiger partial charge in [0, 0.05) is 20.2 Å². The van der Waals surface area contributed by atoms with Crippen LogP contribution in [0.1, 0.15) is 20.3 Å². The fourth-order valence-electron chi connectivity index (χ4n) is 1.44. The lowest BCUT2D eigenvalue weighted by Gasteiger charge is -2.22. The molecule has 20 heavy (non-hydrogen) atoms. The highest BCUT2D eigenvalue weighted by Gasteiger charge is 2.19. The Morgan fingerprint density at radius 3 is 2.55 bits per heavy atom. The van der Waals surface area contributed by atoms with Crippen molar-refractivity contribution >= 4 is 11.8 Å². The predicted octanol–water partition coefficient (Wildman–Crippen LogP) is -0.525. The molecule has 0 saturated carbocycles. The fraction of sp³-hybridized carbons (Fsp3) is 0.769. The largest absolute Gasteiger partial charge is 0.383 e. The Hall–Kier alpha value is -1.65. The van der Waals surface area contributed by atoms with Gasteiger partial charge in [0.2, 0.25) is 11.8 Å². The molecule has 2 amide bonds. The third-order valence-electron chi connectivity index (χ3n) is 2.85. The minimum absolute atomic E-state index is 0.00767. The molecule has 0 fully saturated rings. The van der Waals surface area contributed by atoms with Gasteiger partial charge in [0.15, 0.2) is 0 Å². The van der Waals surface area contributed by atoms with E-state index in [0.29, 0.717) is 19.7 Å². The topological polar surface area (TPSA) is 108 Å². The summed E-state index contributed by atoms with van der Waals surface area (Å²) in [6.07, 6.45) is 0.245. The zero-order valence-corrected chi connectivity index (χ0v) is 12.4. The molecule has 0 aliphatic carbocycles. The molecule has 0 saturated heterocycles. The first-order valence-corrected chi connectivity index (χ1v) is 6.61. The second-order valence-corrected chi connectivity index (χ2v) is 4.77. The van der Waals surface area contributed by atoms with E-state index >= 15 is 0 Å². The maximum absolute atomic E-state index is 12.0. The molecule has 1 atom stereocenters. The molecule has 0 aliphatic rings. The van der Waals surface area contributed by atoms with Crippen LogP contribution < -0.4 is 11.1 Å². The molecule has 0 aromatic heterocycles. The quantitative estimate of drug-likeness (QED) is 0.592. The van der Waals surface area contributed by atoms with E-state index in [0.717, 1.165) is 0 Å². The van der Waals surface area contributed by atoms with Crippen molar-refractivity contribution < 1.29 is 14.3 Å². The van der Waals surface area contributed by atoms with Crippen LogP contribution in [0.4, 0.5) is 0 Å². The fourth-order valence-corrected chi connectivity index (χ4v) is 1.44. The second kappa shape index (κ2) is 10.2.